The van der Waals surface area contributed by atoms with Crippen molar-refractivity contribution < 1.29 is 14.3 Å². The zero-order valence-corrected chi connectivity index (χ0v) is 8.84. The Kier molecular flexibility index (Phi) is 1.67. The largest absolute Gasteiger partial charge is 0.462 e. The number of hydrogen-bond acceptors (Lipinski definition) is 3. The lowest BCUT2D eigenvalue weighted by molar-refractivity contribution is -0.166. The van der Waals surface area contributed by atoms with Gasteiger partial charge in [-0.15, -0.1) is 0 Å². The molecule has 2 heterocycles. The zero-order valence-electron chi connectivity index (χ0n) is 8.84. The van der Waals surface area contributed by atoms with Gasteiger partial charge in [0.1, 0.15) is 12.1 Å². The van der Waals surface area contributed by atoms with Gasteiger partial charge in [0.05, 0.1) is 0 Å². The van der Waals surface area contributed by atoms with E-state index < -0.39 is 17.4 Å². The van der Waals surface area contributed by atoms with Crippen molar-refractivity contribution in [2.75, 3.05) is 13.7 Å². The minimum Gasteiger partial charge on any atom is -0.462 e. The highest BCUT2D eigenvalue weighted by molar-refractivity contribution is 6.06. The Morgan fingerprint density at radius 2 is 2.00 bits per heavy atom. The summed E-state index contributed by atoms with van der Waals surface area (Å²) in [5.74, 6) is -1.18. The van der Waals surface area contributed by atoms with Crippen molar-refractivity contribution >= 4 is 11.9 Å². The number of nitrogens with zero attached hydrogens (tertiary/aromatic N) is 1. The fourth-order valence-corrected chi connectivity index (χ4v) is 2.63. The molecule has 2 atom stereocenters. The molecule has 1 aromatic rings. The fraction of sp³-hybridized carbons (Fsp3) is 0.333. The molecular formula is C12H11NO3. The molecule has 3 rings (SSSR count). The number of likely N-dealkylation sites (N-methyl/N-ethyl adjacent to an activating group) is 1. The van der Waals surface area contributed by atoms with Crippen LogP contribution in [0.15, 0.2) is 30.3 Å². The normalized spacial score (nSPS) is 32.1. The molecule has 0 bridgehead atoms. The highest BCUT2D eigenvalue weighted by Gasteiger charge is 2.68. The number of β-lactam (4-membered cyclic amide) rings is 1. The predicted molar refractivity (Wildman–Crippen MR) is 55.3 cm³/mol. The topological polar surface area (TPSA) is 46.6 Å². The van der Waals surface area contributed by atoms with E-state index in [1.807, 2.05) is 30.3 Å². The van der Waals surface area contributed by atoms with E-state index in [-0.39, 0.29) is 12.5 Å². The van der Waals surface area contributed by atoms with Crippen molar-refractivity contribution in [2.24, 2.45) is 5.92 Å². The fourth-order valence-electron chi connectivity index (χ4n) is 2.63. The second kappa shape index (κ2) is 2.84. The van der Waals surface area contributed by atoms with Crippen LogP contribution in [0, 0.1) is 5.92 Å². The first-order chi connectivity index (χ1) is 7.68. The summed E-state index contributed by atoms with van der Waals surface area (Å²) in [7, 11) is 1.72. The second-order valence-electron chi connectivity index (χ2n) is 4.23. The van der Waals surface area contributed by atoms with Crippen LogP contribution in [0.25, 0.3) is 0 Å². The van der Waals surface area contributed by atoms with E-state index in [2.05, 4.69) is 0 Å². The van der Waals surface area contributed by atoms with Crippen molar-refractivity contribution in [3.63, 3.8) is 0 Å². The molecule has 0 aliphatic carbocycles. The van der Waals surface area contributed by atoms with Crippen molar-refractivity contribution in [1.82, 2.24) is 4.90 Å². The maximum atomic E-state index is 11.7. The minimum atomic E-state index is -0.639. The molecule has 4 nitrogen and oxygen atoms in total. The molecule has 1 amide bonds. The molecule has 0 spiro atoms. The smallest absolute Gasteiger partial charge is 0.321 e. The van der Waals surface area contributed by atoms with Crippen LogP contribution in [0.2, 0.25) is 0 Å². The molecule has 0 N–H and O–H groups in total. The van der Waals surface area contributed by atoms with E-state index in [4.69, 9.17) is 4.74 Å². The van der Waals surface area contributed by atoms with Crippen molar-refractivity contribution in [1.29, 1.82) is 0 Å². The molecule has 16 heavy (non-hydrogen) atoms. The molecule has 2 aliphatic rings. The van der Waals surface area contributed by atoms with Crippen LogP contribution < -0.4 is 0 Å². The predicted octanol–water partition coefficient (Wildman–Crippen LogP) is 0.527. The monoisotopic (exact) mass is 217 g/mol. The summed E-state index contributed by atoms with van der Waals surface area (Å²) in [4.78, 5) is 24.8. The van der Waals surface area contributed by atoms with Gasteiger partial charge in [0.25, 0.3) is 0 Å². The Morgan fingerprint density at radius 3 is 2.69 bits per heavy atom. The minimum absolute atomic E-state index is 0.147. The lowest BCUT2D eigenvalue weighted by atomic mass is 9.71. The van der Waals surface area contributed by atoms with E-state index in [1.54, 1.807) is 11.9 Å². The molecule has 0 aromatic heterocycles. The average Bonchev–Trinajstić information content (AvgIpc) is 2.64. The van der Waals surface area contributed by atoms with Gasteiger partial charge in [-0.25, -0.2) is 0 Å². The maximum absolute atomic E-state index is 11.7. The molecule has 0 saturated carbocycles. The first-order valence-corrected chi connectivity index (χ1v) is 5.18. The Bertz CT molecular complexity index is 470. The Balaban J connectivity index is 2.11. The number of cyclic esters (lactones) is 1. The van der Waals surface area contributed by atoms with Gasteiger partial charge in [-0.05, 0) is 5.56 Å². The molecule has 1 aromatic carbocycles. The molecule has 0 radical (unpaired) electrons. The number of hydrogen-bond donors (Lipinski definition) is 0. The van der Waals surface area contributed by atoms with Crippen molar-refractivity contribution in [3.8, 4) is 0 Å². The van der Waals surface area contributed by atoms with E-state index in [9.17, 15) is 9.59 Å². The molecular weight excluding hydrogens is 206 g/mol. The summed E-state index contributed by atoms with van der Waals surface area (Å²) in [5.41, 5.74) is 0.406. The number of rotatable bonds is 1. The number of ether oxygens (including phenoxy) is 1. The van der Waals surface area contributed by atoms with Crippen LogP contribution in [0.1, 0.15) is 5.56 Å². The molecule has 2 saturated heterocycles. The SMILES string of the molecule is CN1C(=O)[C@H]2C(=O)OC[C@]21c1ccccc1. The molecule has 2 fully saturated rings. The van der Waals surface area contributed by atoms with Crippen LogP contribution in [0.5, 0.6) is 0 Å². The molecule has 2 aliphatic heterocycles. The second-order valence-corrected chi connectivity index (χ2v) is 4.23. The third-order valence-electron chi connectivity index (χ3n) is 3.60. The number of amides is 1. The van der Waals surface area contributed by atoms with Gasteiger partial charge in [-0.2, -0.15) is 0 Å². The van der Waals surface area contributed by atoms with Gasteiger partial charge >= 0.3 is 5.97 Å². The van der Waals surface area contributed by atoms with Gasteiger partial charge in [0.2, 0.25) is 5.91 Å². The van der Waals surface area contributed by atoms with E-state index in [0.29, 0.717) is 0 Å². The van der Waals surface area contributed by atoms with Crippen LogP contribution >= 0.6 is 0 Å². The summed E-state index contributed by atoms with van der Waals surface area (Å²) in [6.07, 6.45) is 0. The highest BCUT2D eigenvalue weighted by Crippen LogP contribution is 2.49. The molecule has 4 heteroatoms. The Hall–Kier alpha value is -1.84. The van der Waals surface area contributed by atoms with Crippen molar-refractivity contribution in [3.05, 3.63) is 35.9 Å². The number of carbonyl (C=O) groups is 2. The van der Waals surface area contributed by atoms with Gasteiger partial charge in [0, 0.05) is 7.05 Å². The number of likely N-dealkylation sites (tertiary alicyclic amines) is 1. The summed E-state index contributed by atoms with van der Waals surface area (Å²) >= 11 is 0. The summed E-state index contributed by atoms with van der Waals surface area (Å²) in [5, 5.41) is 0. The van der Waals surface area contributed by atoms with Crippen LogP contribution in [0.3, 0.4) is 0 Å². The van der Waals surface area contributed by atoms with Gasteiger partial charge in [0.15, 0.2) is 5.92 Å². The summed E-state index contributed by atoms with van der Waals surface area (Å²) < 4.78 is 5.04. The number of fused-ring (bicyclic) bond motifs is 1. The zero-order chi connectivity index (χ0) is 11.3. The van der Waals surface area contributed by atoms with Gasteiger partial charge in [-0.1, -0.05) is 30.3 Å². The third-order valence-corrected chi connectivity index (χ3v) is 3.60. The summed E-state index contributed by atoms with van der Waals surface area (Å²) in [6, 6.07) is 9.57. The van der Waals surface area contributed by atoms with Gasteiger partial charge in [-0.3, -0.25) is 9.59 Å². The molecule has 82 valence electrons. The highest BCUT2D eigenvalue weighted by atomic mass is 16.5. The Labute approximate surface area is 92.8 Å². The van der Waals surface area contributed by atoms with Crippen LogP contribution in [-0.4, -0.2) is 30.4 Å². The first-order valence-electron chi connectivity index (χ1n) is 5.18. The Morgan fingerprint density at radius 1 is 1.31 bits per heavy atom. The van der Waals surface area contributed by atoms with Crippen molar-refractivity contribution in [2.45, 2.75) is 5.54 Å². The van der Waals surface area contributed by atoms with Crippen LogP contribution in [-0.2, 0) is 19.9 Å². The lowest BCUT2D eigenvalue weighted by Gasteiger charge is -2.49. The van der Waals surface area contributed by atoms with E-state index >= 15 is 0 Å². The quantitative estimate of drug-likeness (QED) is 0.391. The number of benzene rings is 1. The first kappa shape index (κ1) is 9.39. The van der Waals surface area contributed by atoms with Gasteiger partial charge < -0.3 is 9.64 Å². The van der Waals surface area contributed by atoms with E-state index in [1.165, 1.54) is 0 Å². The number of carbonyl (C=O) groups excluding carboxylic acids is 2. The third kappa shape index (κ3) is 0.852. The van der Waals surface area contributed by atoms with E-state index in [0.717, 1.165) is 5.56 Å². The maximum Gasteiger partial charge on any atom is 0.321 e. The molecule has 0 unspecified atom stereocenters. The average molecular weight is 217 g/mol. The summed E-state index contributed by atoms with van der Waals surface area (Å²) in [6.45, 7) is 0.267. The lowest BCUT2D eigenvalue weighted by Crippen LogP contribution is -2.67. The standard InChI is InChI=1S/C12H11NO3/c1-13-10(14)9-11(15)16-7-12(9,13)8-5-3-2-4-6-8/h2-6,9H,7H2,1H3/t9-,12-/m0/s1. The van der Waals surface area contributed by atoms with Crippen LogP contribution in [0.4, 0.5) is 0 Å². The number of esters is 1.